The molecule has 0 aliphatic carbocycles. The van der Waals surface area contributed by atoms with Gasteiger partial charge in [0.1, 0.15) is 0 Å². The van der Waals surface area contributed by atoms with Crippen LogP contribution in [0.4, 0.5) is 5.69 Å². The van der Waals surface area contributed by atoms with Gasteiger partial charge in [-0.25, -0.2) is 0 Å². The Balaban J connectivity index is 2.35. The van der Waals surface area contributed by atoms with E-state index >= 15 is 0 Å². The molecule has 1 aromatic heterocycles. The van der Waals surface area contributed by atoms with Crippen molar-refractivity contribution >= 4 is 43.3 Å². The fourth-order valence-electron chi connectivity index (χ4n) is 1.68. The predicted molar refractivity (Wildman–Crippen MR) is 83.5 cm³/mol. The second-order valence-electron chi connectivity index (χ2n) is 4.17. The highest BCUT2D eigenvalue weighted by molar-refractivity contribution is 9.10. The van der Waals surface area contributed by atoms with Crippen LogP contribution in [0.1, 0.15) is 10.4 Å². The first-order valence-corrected chi connectivity index (χ1v) is 7.30. The van der Waals surface area contributed by atoms with Crippen LogP contribution in [0, 0.1) is 10.1 Å². The molecule has 0 radical (unpaired) electrons. The molecule has 0 N–H and O–H groups in total. The van der Waals surface area contributed by atoms with Gasteiger partial charge in [-0.15, -0.1) is 0 Å². The van der Waals surface area contributed by atoms with E-state index in [1.807, 2.05) is 0 Å². The quantitative estimate of drug-likeness (QED) is 0.436. The van der Waals surface area contributed by atoms with Gasteiger partial charge < -0.3 is 0 Å². The average Bonchev–Trinajstić information content (AvgIpc) is 2.44. The summed E-state index contributed by atoms with van der Waals surface area (Å²) in [5.74, 6) is -0.308. The Bertz CT molecular complexity index is 769. The summed E-state index contributed by atoms with van der Waals surface area (Å²) >= 11 is 6.23. The van der Waals surface area contributed by atoms with Crippen LogP contribution in [0.2, 0.25) is 0 Å². The molecule has 21 heavy (non-hydrogen) atoms. The molecule has 0 unspecified atom stereocenters. The fourth-order valence-corrected chi connectivity index (χ4v) is 2.41. The van der Waals surface area contributed by atoms with Gasteiger partial charge in [-0.3, -0.25) is 24.3 Å². The molecular weight excluding hydrogens is 408 g/mol. The highest BCUT2D eigenvalue weighted by atomic mass is 79.9. The number of benzene rings is 1. The van der Waals surface area contributed by atoms with E-state index in [0.29, 0.717) is 5.56 Å². The lowest BCUT2D eigenvalue weighted by molar-refractivity contribution is -0.385. The summed E-state index contributed by atoms with van der Waals surface area (Å²) in [5, 5.41) is 10.8. The van der Waals surface area contributed by atoms with E-state index in [0.717, 1.165) is 21.3 Å². The van der Waals surface area contributed by atoms with Crippen molar-refractivity contribution < 1.29 is 9.72 Å². The molecule has 1 aromatic carbocycles. The molecule has 0 atom stereocenters. The maximum absolute atomic E-state index is 12.1. The molecule has 108 valence electrons. The molecule has 8 heteroatoms. The van der Waals surface area contributed by atoms with Crippen molar-refractivity contribution in [1.82, 2.24) is 4.57 Å². The fraction of sp³-hybridized carbons (Fsp3) is 0.0769. The van der Waals surface area contributed by atoms with Crippen LogP contribution >= 0.6 is 31.9 Å². The third kappa shape index (κ3) is 3.64. The Morgan fingerprint density at radius 3 is 2.43 bits per heavy atom. The highest BCUT2D eigenvalue weighted by Crippen LogP contribution is 2.15. The monoisotopic (exact) mass is 414 g/mol. The second-order valence-corrected chi connectivity index (χ2v) is 5.94. The number of nitro groups is 1. The number of halogens is 2. The maximum Gasteiger partial charge on any atom is 0.286 e. The van der Waals surface area contributed by atoms with Gasteiger partial charge in [0.2, 0.25) is 0 Å². The van der Waals surface area contributed by atoms with Crippen molar-refractivity contribution in [3.63, 3.8) is 0 Å². The summed E-state index contributed by atoms with van der Waals surface area (Å²) in [6.45, 7) is -0.263. The Hall–Kier alpha value is -1.80. The van der Waals surface area contributed by atoms with E-state index in [-0.39, 0.29) is 22.5 Å². The van der Waals surface area contributed by atoms with E-state index in [1.165, 1.54) is 0 Å². The predicted octanol–water partition coefficient (Wildman–Crippen LogP) is 3.16. The average molecular weight is 416 g/mol. The minimum absolute atomic E-state index is 0.0420. The molecule has 0 spiro atoms. The largest absolute Gasteiger partial charge is 0.300 e. The SMILES string of the molecule is O=C(Cn1cc([N+](=O)[O-])cc(Br)c1=O)c1ccc(Br)cc1. The van der Waals surface area contributed by atoms with Crippen LogP contribution in [0.25, 0.3) is 0 Å². The van der Waals surface area contributed by atoms with Crippen LogP contribution in [-0.4, -0.2) is 15.3 Å². The zero-order valence-corrected chi connectivity index (χ0v) is 13.6. The molecule has 0 saturated heterocycles. The minimum Gasteiger partial charge on any atom is -0.300 e. The Morgan fingerprint density at radius 2 is 1.86 bits per heavy atom. The number of carbonyl (C=O) groups excluding carboxylic acids is 1. The number of rotatable bonds is 4. The van der Waals surface area contributed by atoms with Crippen LogP contribution in [0.15, 0.2) is 50.3 Å². The van der Waals surface area contributed by atoms with Crippen molar-refractivity contribution in [1.29, 1.82) is 0 Å². The maximum atomic E-state index is 12.1. The lowest BCUT2D eigenvalue weighted by Crippen LogP contribution is -2.24. The summed E-state index contributed by atoms with van der Waals surface area (Å²) in [5.41, 5.74) is -0.330. The number of Topliss-reactive ketones (excluding diaryl/α,β-unsaturated/α-hetero) is 1. The molecule has 0 aliphatic heterocycles. The number of carbonyl (C=O) groups is 1. The minimum atomic E-state index is -0.620. The van der Waals surface area contributed by atoms with Crippen LogP contribution in [-0.2, 0) is 6.54 Å². The highest BCUT2D eigenvalue weighted by Gasteiger charge is 2.15. The van der Waals surface area contributed by atoms with E-state index < -0.39 is 10.5 Å². The van der Waals surface area contributed by atoms with Crippen molar-refractivity contribution in [2.24, 2.45) is 0 Å². The van der Waals surface area contributed by atoms with E-state index in [1.54, 1.807) is 24.3 Å². The van der Waals surface area contributed by atoms with Gasteiger partial charge in [0, 0.05) is 16.1 Å². The van der Waals surface area contributed by atoms with Crippen LogP contribution < -0.4 is 5.56 Å². The molecule has 0 aliphatic rings. The van der Waals surface area contributed by atoms with Gasteiger partial charge in [-0.2, -0.15) is 0 Å². The molecule has 0 bridgehead atoms. The second kappa shape index (κ2) is 6.31. The number of ketones is 1. The van der Waals surface area contributed by atoms with E-state index in [2.05, 4.69) is 31.9 Å². The summed E-state index contributed by atoms with van der Waals surface area (Å²) in [6.07, 6.45) is 1.06. The third-order valence-electron chi connectivity index (χ3n) is 2.72. The Labute approximate surface area is 135 Å². The molecule has 2 rings (SSSR count). The smallest absolute Gasteiger partial charge is 0.286 e. The number of aromatic nitrogens is 1. The van der Waals surface area contributed by atoms with Gasteiger partial charge in [0.25, 0.3) is 11.2 Å². The zero-order chi connectivity index (χ0) is 15.6. The van der Waals surface area contributed by atoms with Crippen molar-refractivity contribution in [2.75, 3.05) is 0 Å². The number of nitrogens with zero attached hydrogens (tertiary/aromatic N) is 2. The number of hydrogen-bond donors (Lipinski definition) is 0. The lowest BCUT2D eigenvalue weighted by atomic mass is 10.1. The van der Waals surface area contributed by atoms with Crippen molar-refractivity contribution in [3.05, 3.63) is 71.5 Å². The molecular formula is C13H8Br2N2O4. The summed E-state index contributed by atoms with van der Waals surface area (Å²) in [7, 11) is 0. The van der Waals surface area contributed by atoms with Crippen LogP contribution in [0.3, 0.4) is 0 Å². The van der Waals surface area contributed by atoms with E-state index in [9.17, 15) is 19.7 Å². The topological polar surface area (TPSA) is 82.2 Å². The van der Waals surface area contributed by atoms with E-state index in [4.69, 9.17) is 0 Å². The molecule has 1 heterocycles. The molecule has 6 nitrogen and oxygen atoms in total. The van der Waals surface area contributed by atoms with Gasteiger partial charge >= 0.3 is 0 Å². The van der Waals surface area contributed by atoms with Crippen LogP contribution in [0.5, 0.6) is 0 Å². The zero-order valence-electron chi connectivity index (χ0n) is 10.5. The normalized spacial score (nSPS) is 10.4. The standard InChI is InChI=1S/C13H8Br2N2O4/c14-9-3-1-8(2-4-9)12(18)7-16-6-10(17(20)21)5-11(15)13(16)19/h1-6H,7H2. The number of pyridine rings is 1. The first-order valence-electron chi connectivity index (χ1n) is 5.71. The molecule has 0 amide bonds. The van der Waals surface area contributed by atoms with Crippen molar-refractivity contribution in [3.8, 4) is 0 Å². The van der Waals surface area contributed by atoms with Gasteiger partial charge in [-0.05, 0) is 28.1 Å². The summed E-state index contributed by atoms with van der Waals surface area (Å²) in [6, 6.07) is 7.76. The first-order chi connectivity index (χ1) is 9.88. The lowest BCUT2D eigenvalue weighted by Gasteiger charge is -2.06. The Morgan fingerprint density at radius 1 is 1.24 bits per heavy atom. The third-order valence-corrected chi connectivity index (χ3v) is 3.82. The van der Waals surface area contributed by atoms with Gasteiger partial charge in [-0.1, -0.05) is 28.1 Å². The molecule has 0 fully saturated rings. The molecule has 2 aromatic rings. The van der Waals surface area contributed by atoms with Gasteiger partial charge in [0.15, 0.2) is 5.78 Å². The Kier molecular flexibility index (Phi) is 4.69. The molecule has 0 saturated carbocycles. The summed E-state index contributed by atoms with van der Waals surface area (Å²) < 4.78 is 1.89. The van der Waals surface area contributed by atoms with Gasteiger partial charge in [0.05, 0.1) is 22.1 Å². The first kappa shape index (κ1) is 15.6. The van der Waals surface area contributed by atoms with Crippen molar-refractivity contribution in [2.45, 2.75) is 6.54 Å². The number of hydrogen-bond acceptors (Lipinski definition) is 4. The summed E-state index contributed by atoms with van der Waals surface area (Å²) in [4.78, 5) is 34.2.